The van der Waals surface area contributed by atoms with Crippen molar-refractivity contribution in [2.24, 2.45) is 23.7 Å². The molecule has 1 fully saturated rings. The maximum absolute atomic E-state index is 10.5. The largest absolute Gasteiger partial charge is 0.392 e. The van der Waals surface area contributed by atoms with Crippen LogP contribution in [0.15, 0.2) is 36.0 Å². The molecule has 0 radical (unpaired) electrons. The Morgan fingerprint density at radius 3 is 2.79 bits per heavy atom. The maximum atomic E-state index is 10.5. The first-order valence-corrected chi connectivity index (χ1v) is 11.5. The molecule has 2 aliphatic rings. The summed E-state index contributed by atoms with van der Waals surface area (Å²) in [5, 5.41) is 20.9. The quantitative estimate of drug-likeness (QED) is 0.366. The van der Waals surface area contributed by atoms with Gasteiger partial charge in [-0.1, -0.05) is 69.1 Å². The van der Waals surface area contributed by atoms with Gasteiger partial charge >= 0.3 is 0 Å². The van der Waals surface area contributed by atoms with E-state index in [1.165, 1.54) is 31.3 Å². The number of aliphatic hydroxyl groups excluding tert-OH is 2. The van der Waals surface area contributed by atoms with Gasteiger partial charge in [0.2, 0.25) is 0 Å². The van der Waals surface area contributed by atoms with E-state index < -0.39 is 0 Å². The van der Waals surface area contributed by atoms with E-state index in [0.29, 0.717) is 17.8 Å². The number of nitrogens with zero attached hydrogens (tertiary/aromatic N) is 1. The molecule has 0 aromatic rings. The minimum Gasteiger partial charge on any atom is -0.392 e. The van der Waals surface area contributed by atoms with Gasteiger partial charge in [-0.25, -0.2) is 0 Å². The molecule has 3 heteroatoms. The topological polar surface area (TPSA) is 43.7 Å². The van der Waals surface area contributed by atoms with Crippen molar-refractivity contribution < 1.29 is 10.2 Å². The van der Waals surface area contributed by atoms with Gasteiger partial charge in [-0.15, -0.1) is 0 Å². The Bertz CT molecular complexity index is 537. The van der Waals surface area contributed by atoms with E-state index in [-0.39, 0.29) is 18.1 Å². The van der Waals surface area contributed by atoms with Crippen LogP contribution >= 0.6 is 0 Å². The van der Waals surface area contributed by atoms with Crippen molar-refractivity contribution >= 4 is 0 Å². The first-order valence-electron chi connectivity index (χ1n) is 11.5. The molecule has 2 N–H and O–H groups in total. The molecule has 0 bridgehead atoms. The number of rotatable bonds is 12. The first kappa shape index (κ1) is 23.4. The lowest BCUT2D eigenvalue weighted by atomic mass is 9.88. The molecule has 0 aliphatic heterocycles. The van der Waals surface area contributed by atoms with E-state index in [4.69, 9.17) is 0 Å². The van der Waals surface area contributed by atoms with Crippen molar-refractivity contribution in [1.29, 1.82) is 0 Å². The van der Waals surface area contributed by atoms with Gasteiger partial charge in [-0.2, -0.15) is 0 Å². The summed E-state index contributed by atoms with van der Waals surface area (Å²) in [6.45, 7) is 5.57. The molecule has 0 aromatic carbocycles. The zero-order valence-corrected chi connectivity index (χ0v) is 18.6. The number of unbranched alkanes of at least 4 members (excludes halogenated alkanes) is 2. The molecule has 0 unspecified atom stereocenters. The highest BCUT2D eigenvalue weighted by Gasteiger charge is 2.42. The molecule has 1 saturated carbocycles. The molecule has 2 rings (SSSR count). The molecular weight excluding hydrogens is 346 g/mol. The van der Waals surface area contributed by atoms with E-state index in [1.54, 1.807) is 0 Å². The lowest BCUT2D eigenvalue weighted by molar-refractivity contribution is 0.139. The van der Waals surface area contributed by atoms with Crippen LogP contribution in [-0.2, 0) is 0 Å². The van der Waals surface area contributed by atoms with Gasteiger partial charge in [0, 0.05) is 5.92 Å². The summed E-state index contributed by atoms with van der Waals surface area (Å²) in [6.07, 6.45) is 19.1. The van der Waals surface area contributed by atoms with Gasteiger partial charge in [0.05, 0.1) is 12.2 Å². The smallest absolute Gasteiger partial charge is 0.0723 e. The molecule has 0 spiro atoms. The SMILES string of the molecule is CCCC[C@H](C)C[C@H](O)C=C[C@@H]1[C@H]2CC(C=CCCCN(C)C)=C[C@H]2C[C@H]1O. The van der Waals surface area contributed by atoms with Crippen molar-refractivity contribution in [3.8, 4) is 0 Å². The van der Waals surface area contributed by atoms with Crippen molar-refractivity contribution in [3.05, 3.63) is 36.0 Å². The molecule has 28 heavy (non-hydrogen) atoms. The summed E-state index contributed by atoms with van der Waals surface area (Å²) in [5.74, 6) is 1.73. The predicted octanol–water partition coefficient (Wildman–Crippen LogP) is 4.96. The zero-order chi connectivity index (χ0) is 20.5. The van der Waals surface area contributed by atoms with Crippen LogP contribution in [0.2, 0.25) is 0 Å². The molecular formula is C25H43NO2. The summed E-state index contributed by atoms with van der Waals surface area (Å²) in [5.41, 5.74) is 1.43. The Morgan fingerprint density at radius 1 is 1.29 bits per heavy atom. The van der Waals surface area contributed by atoms with Crippen molar-refractivity contribution in [1.82, 2.24) is 4.90 Å². The van der Waals surface area contributed by atoms with Crippen LogP contribution in [0, 0.1) is 23.7 Å². The minimum absolute atomic E-state index is 0.182. The lowest BCUT2D eigenvalue weighted by Gasteiger charge is -2.19. The Hall–Kier alpha value is -0.900. The summed E-state index contributed by atoms with van der Waals surface area (Å²) < 4.78 is 0. The molecule has 0 amide bonds. The highest BCUT2D eigenvalue weighted by molar-refractivity contribution is 5.28. The first-order chi connectivity index (χ1) is 13.4. The van der Waals surface area contributed by atoms with E-state index in [0.717, 1.165) is 32.2 Å². The van der Waals surface area contributed by atoms with E-state index in [1.807, 2.05) is 6.08 Å². The average molecular weight is 390 g/mol. The minimum atomic E-state index is -0.386. The fourth-order valence-corrected chi connectivity index (χ4v) is 4.85. The van der Waals surface area contributed by atoms with Crippen LogP contribution in [0.3, 0.4) is 0 Å². The molecule has 0 saturated heterocycles. The van der Waals surface area contributed by atoms with Crippen molar-refractivity contribution in [2.75, 3.05) is 20.6 Å². The lowest BCUT2D eigenvalue weighted by Crippen LogP contribution is -2.18. The fourth-order valence-electron chi connectivity index (χ4n) is 4.85. The van der Waals surface area contributed by atoms with Gasteiger partial charge in [0.15, 0.2) is 0 Å². The predicted molar refractivity (Wildman–Crippen MR) is 119 cm³/mol. The van der Waals surface area contributed by atoms with Gasteiger partial charge in [0.1, 0.15) is 0 Å². The second kappa shape index (κ2) is 11.9. The number of hydrogen-bond acceptors (Lipinski definition) is 3. The Balaban J connectivity index is 1.80. The Morgan fingerprint density at radius 2 is 2.07 bits per heavy atom. The second-order valence-corrected chi connectivity index (χ2v) is 9.44. The Labute approximate surface area is 173 Å². The van der Waals surface area contributed by atoms with Crippen LogP contribution in [0.1, 0.15) is 65.2 Å². The maximum Gasteiger partial charge on any atom is 0.0723 e. The summed E-state index contributed by atoms with van der Waals surface area (Å²) in [4.78, 5) is 2.23. The molecule has 0 heterocycles. The van der Waals surface area contributed by atoms with Crippen LogP contribution in [-0.4, -0.2) is 48.0 Å². The second-order valence-electron chi connectivity index (χ2n) is 9.44. The van der Waals surface area contributed by atoms with E-state index in [9.17, 15) is 10.2 Å². The number of aliphatic hydroxyl groups is 2. The van der Waals surface area contributed by atoms with Crippen LogP contribution in [0.5, 0.6) is 0 Å². The highest BCUT2D eigenvalue weighted by atomic mass is 16.3. The summed E-state index contributed by atoms with van der Waals surface area (Å²) in [6, 6.07) is 0. The third kappa shape index (κ3) is 7.50. The van der Waals surface area contributed by atoms with E-state index >= 15 is 0 Å². The molecule has 2 aliphatic carbocycles. The molecule has 3 nitrogen and oxygen atoms in total. The number of hydrogen-bond donors (Lipinski definition) is 2. The summed E-state index contributed by atoms with van der Waals surface area (Å²) in [7, 11) is 4.23. The molecule has 0 aromatic heterocycles. The average Bonchev–Trinajstić information content (AvgIpc) is 3.14. The molecule has 160 valence electrons. The zero-order valence-electron chi connectivity index (χ0n) is 18.6. The van der Waals surface area contributed by atoms with Gasteiger partial charge in [-0.05, 0) is 70.5 Å². The van der Waals surface area contributed by atoms with Crippen LogP contribution < -0.4 is 0 Å². The monoisotopic (exact) mass is 389 g/mol. The number of fused-ring (bicyclic) bond motifs is 1. The number of allylic oxidation sites excluding steroid dienone is 4. The van der Waals surface area contributed by atoms with Gasteiger partial charge in [0.25, 0.3) is 0 Å². The van der Waals surface area contributed by atoms with Crippen LogP contribution in [0.4, 0.5) is 0 Å². The third-order valence-electron chi connectivity index (χ3n) is 6.46. The summed E-state index contributed by atoms with van der Waals surface area (Å²) >= 11 is 0. The van der Waals surface area contributed by atoms with Crippen molar-refractivity contribution in [3.63, 3.8) is 0 Å². The Kier molecular flexibility index (Phi) is 9.98. The fraction of sp³-hybridized carbons (Fsp3) is 0.760. The van der Waals surface area contributed by atoms with Crippen molar-refractivity contribution in [2.45, 2.75) is 77.4 Å². The molecule has 6 atom stereocenters. The standard InChI is InChI=1S/C25H43NO2/c1-5-6-10-19(2)15-22(27)12-13-23-24-17-20(16-21(24)18-25(23)28)11-8-7-9-14-26(3)4/h8,11-13,16,19,21-25,27-28H,5-7,9-10,14-15,17-18H2,1-4H3/t19-,21-,22+,23+,24-,25+/m0/s1. The highest BCUT2D eigenvalue weighted by Crippen LogP contribution is 2.47. The van der Waals surface area contributed by atoms with Gasteiger partial charge < -0.3 is 15.1 Å². The normalized spacial score (nSPS) is 29.8. The third-order valence-corrected chi connectivity index (χ3v) is 6.46. The van der Waals surface area contributed by atoms with Crippen LogP contribution in [0.25, 0.3) is 0 Å². The van der Waals surface area contributed by atoms with E-state index in [2.05, 4.69) is 57.1 Å². The van der Waals surface area contributed by atoms with Gasteiger partial charge in [-0.3, -0.25) is 0 Å².